The van der Waals surface area contributed by atoms with E-state index in [1.165, 1.54) is 0 Å². The summed E-state index contributed by atoms with van der Waals surface area (Å²) in [6.07, 6.45) is 0.382. The van der Waals surface area contributed by atoms with Gasteiger partial charge in [-0.2, -0.15) is 0 Å². The highest BCUT2D eigenvalue weighted by Crippen LogP contribution is 2.24. The van der Waals surface area contributed by atoms with Crippen LogP contribution in [0.1, 0.15) is 31.3 Å². The van der Waals surface area contributed by atoms with Crippen LogP contribution in [0.3, 0.4) is 0 Å². The Balaban J connectivity index is 2.25. The van der Waals surface area contributed by atoms with Crippen molar-refractivity contribution >= 4 is 11.0 Å². The van der Waals surface area contributed by atoms with Crippen molar-refractivity contribution in [1.29, 1.82) is 0 Å². The second-order valence-electron chi connectivity index (χ2n) is 4.90. The normalized spacial score (nSPS) is 12.8. The largest absolute Gasteiger partial charge is 0.389 e. The first kappa shape index (κ1) is 12.9. The number of imidazole rings is 1. The molecule has 3 rings (SSSR count). The molecule has 0 aliphatic carbocycles. The molecule has 0 saturated heterocycles. The van der Waals surface area contributed by atoms with Crippen LogP contribution >= 0.6 is 0 Å². The summed E-state index contributed by atoms with van der Waals surface area (Å²) in [5.41, 5.74) is 3.94. The number of nitrogens with zero attached hydrogens (tertiary/aromatic N) is 2. The summed E-state index contributed by atoms with van der Waals surface area (Å²) in [5.74, 6) is 1.02. The third-order valence-corrected chi connectivity index (χ3v) is 3.50. The van der Waals surface area contributed by atoms with Crippen molar-refractivity contribution < 1.29 is 5.11 Å². The van der Waals surface area contributed by atoms with Crippen molar-refractivity contribution in [2.24, 2.45) is 0 Å². The molecular weight excluding hydrogens is 248 g/mol. The van der Waals surface area contributed by atoms with Gasteiger partial charge in [0.15, 0.2) is 0 Å². The van der Waals surface area contributed by atoms with E-state index in [1.54, 1.807) is 6.92 Å². The Morgan fingerprint density at radius 1 is 1.35 bits per heavy atom. The predicted molar refractivity (Wildman–Crippen MR) is 79.9 cm³/mol. The van der Waals surface area contributed by atoms with Gasteiger partial charge in [0.25, 0.3) is 0 Å². The van der Waals surface area contributed by atoms with E-state index < -0.39 is 6.10 Å². The van der Waals surface area contributed by atoms with Gasteiger partial charge in [0.2, 0.25) is 0 Å². The number of rotatable bonds is 3. The molecule has 0 saturated carbocycles. The first-order valence-electron chi connectivity index (χ1n) is 6.86. The molecule has 1 radical (unpaired) electrons. The van der Waals surface area contributed by atoms with Crippen LogP contribution in [0.5, 0.6) is 0 Å². The number of fused-ring (bicyclic) bond motifs is 1. The lowest BCUT2D eigenvalue weighted by Crippen LogP contribution is -1.99. The van der Waals surface area contributed by atoms with Gasteiger partial charge in [0, 0.05) is 12.1 Å². The summed E-state index contributed by atoms with van der Waals surface area (Å²) in [6.45, 7) is 3.87. The molecule has 3 heteroatoms. The molecule has 0 fully saturated rings. The maximum Gasteiger partial charge on any atom is 0.114 e. The molecule has 1 N–H and O–H groups in total. The van der Waals surface area contributed by atoms with E-state index in [0.717, 1.165) is 34.5 Å². The minimum absolute atomic E-state index is 0.473. The summed E-state index contributed by atoms with van der Waals surface area (Å²) in [6, 6.07) is 16.9. The van der Waals surface area contributed by atoms with E-state index in [9.17, 15) is 5.11 Å². The molecule has 0 spiro atoms. The van der Waals surface area contributed by atoms with Gasteiger partial charge in [-0.3, -0.25) is 4.57 Å². The number of hydrogen-bond acceptors (Lipinski definition) is 2. The number of aliphatic hydroxyl groups excluding tert-OH is 1. The molecular formula is C17H17N2O. The van der Waals surface area contributed by atoms with Crippen LogP contribution in [-0.2, 0) is 6.42 Å². The second kappa shape index (κ2) is 5.10. The fourth-order valence-corrected chi connectivity index (χ4v) is 2.46. The summed E-state index contributed by atoms with van der Waals surface area (Å²) in [4.78, 5) is 4.69. The summed E-state index contributed by atoms with van der Waals surface area (Å²) < 4.78 is 2.15. The third-order valence-electron chi connectivity index (χ3n) is 3.50. The van der Waals surface area contributed by atoms with Gasteiger partial charge in [-0.05, 0) is 42.8 Å². The van der Waals surface area contributed by atoms with E-state index in [-0.39, 0.29) is 0 Å². The molecule has 0 aliphatic heterocycles. The van der Waals surface area contributed by atoms with Crippen LogP contribution in [0.25, 0.3) is 16.7 Å². The number of aliphatic hydroxyl groups is 1. The molecule has 20 heavy (non-hydrogen) atoms. The Hall–Kier alpha value is -2.13. The quantitative estimate of drug-likeness (QED) is 0.787. The van der Waals surface area contributed by atoms with Crippen LogP contribution in [0.2, 0.25) is 0 Å². The first-order valence-corrected chi connectivity index (χ1v) is 6.86. The van der Waals surface area contributed by atoms with Crippen molar-refractivity contribution in [3.05, 3.63) is 59.9 Å². The molecule has 2 aromatic carbocycles. The zero-order chi connectivity index (χ0) is 14.1. The topological polar surface area (TPSA) is 38.1 Å². The van der Waals surface area contributed by atoms with E-state index >= 15 is 0 Å². The number of aryl methyl sites for hydroxylation is 1. The van der Waals surface area contributed by atoms with Gasteiger partial charge < -0.3 is 5.11 Å². The maximum absolute atomic E-state index is 9.69. The van der Waals surface area contributed by atoms with Crippen molar-refractivity contribution in [3.8, 4) is 5.69 Å². The zero-order valence-corrected chi connectivity index (χ0v) is 11.7. The summed E-state index contributed by atoms with van der Waals surface area (Å²) in [7, 11) is 0. The van der Waals surface area contributed by atoms with Gasteiger partial charge in [0.1, 0.15) is 5.82 Å². The Morgan fingerprint density at radius 2 is 2.20 bits per heavy atom. The fourth-order valence-electron chi connectivity index (χ4n) is 2.46. The standard InChI is InChI=1S/C17H17N2O/c1-3-17-18-15-11-13(12(2)20)9-10-16(15)19(17)14-7-5-4-6-8-14/h4-5,7-12,20H,3H2,1-2H3. The number of benzene rings is 2. The maximum atomic E-state index is 9.69. The lowest BCUT2D eigenvalue weighted by atomic mass is 10.1. The summed E-state index contributed by atoms with van der Waals surface area (Å²) in [5, 5.41) is 9.69. The smallest absolute Gasteiger partial charge is 0.114 e. The lowest BCUT2D eigenvalue weighted by molar-refractivity contribution is 0.199. The Bertz CT molecular complexity index is 729. The third kappa shape index (κ3) is 2.10. The lowest BCUT2D eigenvalue weighted by Gasteiger charge is -2.08. The Morgan fingerprint density at radius 3 is 2.85 bits per heavy atom. The molecule has 0 bridgehead atoms. The van der Waals surface area contributed by atoms with Crippen molar-refractivity contribution in [1.82, 2.24) is 9.55 Å². The van der Waals surface area contributed by atoms with E-state index in [1.807, 2.05) is 36.4 Å². The van der Waals surface area contributed by atoms with Crippen LogP contribution in [0.4, 0.5) is 0 Å². The zero-order valence-electron chi connectivity index (χ0n) is 11.7. The number of hydrogen-bond donors (Lipinski definition) is 1. The predicted octanol–water partition coefficient (Wildman–Crippen LogP) is 3.44. The first-order chi connectivity index (χ1) is 9.70. The SMILES string of the molecule is CCc1nc2cc(C(C)O)ccc2n1-c1c[c]ccc1. The minimum Gasteiger partial charge on any atom is -0.389 e. The van der Waals surface area contributed by atoms with Crippen molar-refractivity contribution in [2.75, 3.05) is 0 Å². The molecule has 0 amide bonds. The van der Waals surface area contributed by atoms with Gasteiger partial charge in [-0.25, -0.2) is 4.98 Å². The molecule has 1 atom stereocenters. The van der Waals surface area contributed by atoms with Crippen LogP contribution in [-0.4, -0.2) is 14.7 Å². The highest BCUT2D eigenvalue weighted by atomic mass is 16.3. The molecule has 1 heterocycles. The fraction of sp³-hybridized carbons (Fsp3) is 0.235. The van der Waals surface area contributed by atoms with Crippen molar-refractivity contribution in [2.45, 2.75) is 26.4 Å². The average molecular weight is 265 g/mol. The average Bonchev–Trinajstić information content (AvgIpc) is 2.85. The van der Waals surface area contributed by atoms with Crippen molar-refractivity contribution in [3.63, 3.8) is 0 Å². The highest BCUT2D eigenvalue weighted by Gasteiger charge is 2.12. The second-order valence-corrected chi connectivity index (χ2v) is 4.90. The van der Waals surface area contributed by atoms with Gasteiger partial charge in [-0.15, -0.1) is 0 Å². The van der Waals surface area contributed by atoms with E-state index in [0.29, 0.717) is 0 Å². The minimum atomic E-state index is -0.473. The Kier molecular flexibility index (Phi) is 3.28. The molecule has 0 aliphatic rings. The molecule has 101 valence electrons. The van der Waals surface area contributed by atoms with E-state index in [2.05, 4.69) is 28.6 Å². The monoisotopic (exact) mass is 265 g/mol. The molecule has 1 aromatic heterocycles. The molecule has 1 unspecified atom stereocenters. The molecule has 3 aromatic rings. The Labute approximate surface area is 118 Å². The number of aromatic nitrogens is 2. The highest BCUT2D eigenvalue weighted by molar-refractivity contribution is 5.79. The molecule has 3 nitrogen and oxygen atoms in total. The van der Waals surface area contributed by atoms with Crippen LogP contribution < -0.4 is 0 Å². The van der Waals surface area contributed by atoms with E-state index in [4.69, 9.17) is 0 Å². The van der Waals surface area contributed by atoms with Crippen LogP contribution in [0.15, 0.2) is 42.5 Å². The van der Waals surface area contributed by atoms with Gasteiger partial charge in [0.05, 0.1) is 17.1 Å². The van der Waals surface area contributed by atoms with Gasteiger partial charge in [-0.1, -0.05) is 25.1 Å². The van der Waals surface area contributed by atoms with Crippen LogP contribution in [0, 0.1) is 6.07 Å². The summed E-state index contributed by atoms with van der Waals surface area (Å²) >= 11 is 0. The van der Waals surface area contributed by atoms with Gasteiger partial charge >= 0.3 is 0 Å².